The van der Waals surface area contributed by atoms with Crippen LogP contribution < -0.4 is 4.74 Å². The van der Waals surface area contributed by atoms with Crippen LogP contribution in [0.5, 0.6) is 5.75 Å². The summed E-state index contributed by atoms with van der Waals surface area (Å²) in [4.78, 5) is 16.3. The topological polar surface area (TPSA) is 47.9 Å². The van der Waals surface area contributed by atoms with Gasteiger partial charge in [0.25, 0.3) is 0 Å². The number of halogens is 1. The molecule has 3 rings (SSSR count). The van der Waals surface area contributed by atoms with Crippen molar-refractivity contribution in [2.45, 2.75) is 0 Å². The zero-order chi connectivity index (χ0) is 16.9. The number of hydrogen-bond acceptors (Lipinski definition) is 4. The van der Waals surface area contributed by atoms with Gasteiger partial charge in [-0.2, -0.15) is 0 Å². The third-order valence-electron chi connectivity index (χ3n) is 3.24. The lowest BCUT2D eigenvalue weighted by Crippen LogP contribution is -2.05. The Hall–Kier alpha value is -2.66. The van der Waals surface area contributed by atoms with Crippen molar-refractivity contribution in [1.82, 2.24) is 0 Å². The van der Waals surface area contributed by atoms with Crippen LogP contribution in [0.25, 0.3) is 6.08 Å². The lowest BCUT2D eigenvalue weighted by molar-refractivity contribution is -0.129. The maximum atomic E-state index is 12.0. The molecular formula is C19H14BrNO3. The number of carbonyl (C=O) groups excluding carboxylic acids is 1. The van der Waals surface area contributed by atoms with Crippen LogP contribution in [0.2, 0.25) is 0 Å². The van der Waals surface area contributed by atoms with Gasteiger partial charge in [0.2, 0.25) is 5.90 Å². The monoisotopic (exact) mass is 383 g/mol. The molecule has 1 aliphatic heterocycles. The first-order valence-corrected chi connectivity index (χ1v) is 8.07. The molecule has 2 aromatic rings. The largest absolute Gasteiger partial charge is 0.490 e. The lowest BCUT2D eigenvalue weighted by Gasteiger charge is -2.02. The maximum absolute atomic E-state index is 12.0. The fourth-order valence-electron chi connectivity index (χ4n) is 2.13. The summed E-state index contributed by atoms with van der Waals surface area (Å²) in [7, 11) is 0. The molecule has 0 atom stereocenters. The summed E-state index contributed by atoms with van der Waals surface area (Å²) in [6.45, 7) is 4.06. The summed E-state index contributed by atoms with van der Waals surface area (Å²) in [5.41, 5.74) is 1.85. The Labute approximate surface area is 148 Å². The summed E-state index contributed by atoms with van der Waals surface area (Å²) in [5.74, 6) is 0.583. The smallest absolute Gasteiger partial charge is 0.363 e. The van der Waals surface area contributed by atoms with Gasteiger partial charge in [-0.1, -0.05) is 46.8 Å². The van der Waals surface area contributed by atoms with E-state index in [1.54, 1.807) is 12.2 Å². The Morgan fingerprint density at radius 2 is 2.00 bits per heavy atom. The second kappa shape index (κ2) is 7.27. The normalized spacial score (nSPS) is 15.1. The third kappa shape index (κ3) is 3.81. The van der Waals surface area contributed by atoms with E-state index in [4.69, 9.17) is 9.47 Å². The Morgan fingerprint density at radius 3 is 2.71 bits per heavy atom. The standard InChI is InChI=1S/C19H14BrNO3/c1-2-10-23-16-8-6-13(7-9-16)11-17-19(22)24-18(21-17)14-4-3-5-15(20)12-14/h2-9,11-12H,1,10H2/b17-11+. The SMILES string of the molecule is C=CCOc1ccc(/C=C2/N=C(c3cccc(Br)c3)OC2=O)cc1. The van der Waals surface area contributed by atoms with Gasteiger partial charge in [0.05, 0.1) is 0 Å². The molecule has 120 valence electrons. The first kappa shape index (κ1) is 16.2. The van der Waals surface area contributed by atoms with Gasteiger partial charge in [0.15, 0.2) is 5.70 Å². The van der Waals surface area contributed by atoms with Crippen LogP contribution in [0.3, 0.4) is 0 Å². The van der Waals surface area contributed by atoms with Gasteiger partial charge < -0.3 is 9.47 Å². The Bertz CT molecular complexity index is 838. The number of esters is 1. The highest BCUT2D eigenvalue weighted by Gasteiger charge is 2.24. The number of carbonyl (C=O) groups is 1. The van der Waals surface area contributed by atoms with Crippen LogP contribution >= 0.6 is 15.9 Å². The van der Waals surface area contributed by atoms with Gasteiger partial charge in [-0.25, -0.2) is 9.79 Å². The summed E-state index contributed by atoms with van der Waals surface area (Å²) < 4.78 is 11.6. The highest BCUT2D eigenvalue weighted by atomic mass is 79.9. The molecule has 0 amide bonds. The molecule has 0 aromatic heterocycles. The molecule has 1 aliphatic rings. The van der Waals surface area contributed by atoms with Gasteiger partial charge in [-0.3, -0.25) is 0 Å². The third-order valence-corrected chi connectivity index (χ3v) is 3.74. The van der Waals surface area contributed by atoms with E-state index in [9.17, 15) is 4.79 Å². The molecule has 0 aliphatic carbocycles. The molecule has 0 N–H and O–H groups in total. The zero-order valence-corrected chi connectivity index (χ0v) is 14.3. The molecule has 0 fully saturated rings. The summed E-state index contributed by atoms with van der Waals surface area (Å²) in [5, 5.41) is 0. The molecule has 1 heterocycles. The van der Waals surface area contributed by atoms with E-state index >= 15 is 0 Å². The number of benzene rings is 2. The number of nitrogens with zero attached hydrogens (tertiary/aromatic N) is 1. The first-order chi connectivity index (χ1) is 11.7. The molecule has 0 bridgehead atoms. The molecule has 0 saturated carbocycles. The average molecular weight is 384 g/mol. The van der Waals surface area contributed by atoms with Gasteiger partial charge in [0, 0.05) is 10.0 Å². The van der Waals surface area contributed by atoms with Crippen molar-refractivity contribution in [3.05, 3.63) is 82.5 Å². The quantitative estimate of drug-likeness (QED) is 0.437. The zero-order valence-electron chi connectivity index (χ0n) is 12.7. The number of cyclic esters (lactones) is 1. The molecule has 0 radical (unpaired) electrons. The van der Waals surface area contributed by atoms with E-state index in [2.05, 4.69) is 27.5 Å². The van der Waals surface area contributed by atoms with Crippen molar-refractivity contribution in [2.24, 2.45) is 4.99 Å². The lowest BCUT2D eigenvalue weighted by atomic mass is 10.2. The minimum atomic E-state index is -0.461. The van der Waals surface area contributed by atoms with Crippen molar-refractivity contribution in [3.8, 4) is 5.75 Å². The second-order valence-corrected chi connectivity index (χ2v) is 5.93. The van der Waals surface area contributed by atoms with E-state index in [0.29, 0.717) is 12.5 Å². The van der Waals surface area contributed by atoms with Crippen molar-refractivity contribution >= 4 is 33.9 Å². The number of aliphatic imine (C=N–C) groups is 1. The van der Waals surface area contributed by atoms with Crippen molar-refractivity contribution in [2.75, 3.05) is 6.61 Å². The fourth-order valence-corrected chi connectivity index (χ4v) is 2.53. The van der Waals surface area contributed by atoms with Crippen LogP contribution in [0.1, 0.15) is 11.1 Å². The number of rotatable bonds is 5. The van der Waals surface area contributed by atoms with E-state index < -0.39 is 5.97 Å². The molecule has 24 heavy (non-hydrogen) atoms. The summed E-state index contributed by atoms with van der Waals surface area (Å²) >= 11 is 3.39. The Kier molecular flexibility index (Phi) is 4.91. The van der Waals surface area contributed by atoms with E-state index in [1.807, 2.05) is 48.5 Å². The average Bonchev–Trinajstić information content (AvgIpc) is 2.95. The predicted molar refractivity (Wildman–Crippen MR) is 96.9 cm³/mol. The van der Waals surface area contributed by atoms with Gasteiger partial charge in [-0.15, -0.1) is 0 Å². The Morgan fingerprint density at radius 1 is 1.21 bits per heavy atom. The van der Waals surface area contributed by atoms with Crippen molar-refractivity contribution in [1.29, 1.82) is 0 Å². The van der Waals surface area contributed by atoms with Crippen LogP contribution in [0.4, 0.5) is 0 Å². The molecule has 0 spiro atoms. The summed E-state index contributed by atoms with van der Waals surface area (Å²) in [6, 6.07) is 14.8. The molecule has 0 unspecified atom stereocenters. The van der Waals surface area contributed by atoms with Crippen LogP contribution in [0, 0.1) is 0 Å². The molecule has 2 aromatic carbocycles. The van der Waals surface area contributed by atoms with Gasteiger partial charge in [-0.05, 0) is 42.0 Å². The first-order valence-electron chi connectivity index (χ1n) is 7.28. The Balaban J connectivity index is 1.82. The minimum Gasteiger partial charge on any atom is -0.490 e. The van der Waals surface area contributed by atoms with E-state index in [1.165, 1.54) is 0 Å². The molecule has 0 saturated heterocycles. The maximum Gasteiger partial charge on any atom is 0.363 e. The predicted octanol–water partition coefficient (Wildman–Crippen LogP) is 4.36. The second-order valence-electron chi connectivity index (χ2n) is 5.02. The highest BCUT2D eigenvalue weighted by Crippen LogP contribution is 2.22. The van der Waals surface area contributed by atoms with Crippen molar-refractivity contribution in [3.63, 3.8) is 0 Å². The fraction of sp³-hybridized carbons (Fsp3) is 0.0526. The van der Waals surface area contributed by atoms with E-state index in [0.717, 1.165) is 21.3 Å². The highest BCUT2D eigenvalue weighted by molar-refractivity contribution is 9.10. The molecule has 5 heteroatoms. The number of ether oxygens (including phenoxy) is 2. The van der Waals surface area contributed by atoms with Gasteiger partial charge in [0.1, 0.15) is 12.4 Å². The molecular weight excluding hydrogens is 370 g/mol. The van der Waals surface area contributed by atoms with Gasteiger partial charge >= 0.3 is 5.97 Å². The minimum absolute atomic E-state index is 0.268. The van der Waals surface area contributed by atoms with E-state index in [-0.39, 0.29) is 5.70 Å². The van der Waals surface area contributed by atoms with Crippen LogP contribution in [-0.4, -0.2) is 18.5 Å². The van der Waals surface area contributed by atoms with Crippen LogP contribution in [0.15, 0.2) is 76.3 Å². The molecule has 4 nitrogen and oxygen atoms in total. The van der Waals surface area contributed by atoms with Crippen molar-refractivity contribution < 1.29 is 14.3 Å². The van der Waals surface area contributed by atoms with Crippen LogP contribution in [-0.2, 0) is 9.53 Å². The summed E-state index contributed by atoms with van der Waals surface area (Å²) in [6.07, 6.45) is 3.37. The number of hydrogen-bond donors (Lipinski definition) is 0.